The Bertz CT molecular complexity index is 712. The van der Waals surface area contributed by atoms with Crippen LogP contribution < -0.4 is 21.1 Å². The molecule has 2 amide bonds. The summed E-state index contributed by atoms with van der Waals surface area (Å²) in [4.78, 5) is 24.2. The fourth-order valence-corrected chi connectivity index (χ4v) is 2.27. The van der Waals surface area contributed by atoms with Crippen LogP contribution in [0.3, 0.4) is 0 Å². The molecular formula is C19H23N3O3. The number of nitrogens with one attached hydrogen (secondary N) is 2. The lowest BCUT2D eigenvalue weighted by molar-refractivity contribution is -0.129. The molecule has 0 aliphatic heterocycles. The van der Waals surface area contributed by atoms with Crippen LogP contribution in [0.1, 0.15) is 18.1 Å². The number of nitrogens with two attached hydrogens (primary N) is 1. The number of hydrogen-bond donors (Lipinski definition) is 3. The Morgan fingerprint density at radius 3 is 2.28 bits per heavy atom. The van der Waals surface area contributed by atoms with Crippen molar-refractivity contribution in [3.05, 3.63) is 65.7 Å². The van der Waals surface area contributed by atoms with Gasteiger partial charge in [-0.2, -0.15) is 0 Å². The van der Waals surface area contributed by atoms with Gasteiger partial charge < -0.3 is 21.1 Å². The maximum Gasteiger partial charge on any atom is 0.244 e. The zero-order chi connectivity index (χ0) is 18.3. The summed E-state index contributed by atoms with van der Waals surface area (Å²) >= 11 is 0. The Labute approximate surface area is 147 Å². The van der Waals surface area contributed by atoms with E-state index in [2.05, 4.69) is 10.6 Å². The number of carbonyl (C=O) groups is 2. The molecule has 0 radical (unpaired) electrons. The fourth-order valence-electron chi connectivity index (χ4n) is 2.27. The molecule has 1 unspecified atom stereocenters. The Morgan fingerprint density at radius 1 is 1.04 bits per heavy atom. The predicted octanol–water partition coefficient (Wildman–Crippen LogP) is 1.30. The summed E-state index contributed by atoms with van der Waals surface area (Å²) < 4.78 is 5.08. The molecule has 0 saturated heterocycles. The SMILES string of the molecule is COc1ccc(CNC(=O)CNC(=O)C(C)(N)c2ccccc2)cc1. The van der Waals surface area contributed by atoms with Crippen molar-refractivity contribution in [2.24, 2.45) is 5.73 Å². The third kappa shape index (κ3) is 5.06. The fraction of sp³-hybridized carbons (Fsp3) is 0.263. The molecule has 0 spiro atoms. The van der Waals surface area contributed by atoms with E-state index < -0.39 is 11.4 Å². The number of methoxy groups -OCH3 is 1. The summed E-state index contributed by atoms with van der Waals surface area (Å²) in [7, 11) is 1.60. The highest BCUT2D eigenvalue weighted by Crippen LogP contribution is 2.17. The minimum absolute atomic E-state index is 0.130. The summed E-state index contributed by atoms with van der Waals surface area (Å²) in [6.45, 7) is 1.86. The standard InChI is InChI=1S/C19H23N3O3/c1-19(20,15-6-4-3-5-7-15)18(24)22-13-17(23)21-12-14-8-10-16(25-2)11-9-14/h3-11H,12-13,20H2,1-2H3,(H,21,23)(H,22,24). The predicted molar refractivity (Wildman–Crippen MR) is 95.8 cm³/mol. The van der Waals surface area contributed by atoms with E-state index in [4.69, 9.17) is 10.5 Å². The van der Waals surface area contributed by atoms with Crippen LogP contribution in [0.25, 0.3) is 0 Å². The van der Waals surface area contributed by atoms with E-state index in [-0.39, 0.29) is 12.5 Å². The maximum absolute atomic E-state index is 12.3. The van der Waals surface area contributed by atoms with Crippen LogP contribution in [0.5, 0.6) is 5.75 Å². The van der Waals surface area contributed by atoms with E-state index in [0.717, 1.165) is 11.3 Å². The van der Waals surface area contributed by atoms with Crippen molar-refractivity contribution in [2.45, 2.75) is 19.0 Å². The van der Waals surface area contributed by atoms with E-state index in [1.165, 1.54) is 0 Å². The third-order valence-electron chi connectivity index (χ3n) is 3.90. The molecule has 0 saturated carbocycles. The molecule has 0 aromatic heterocycles. The molecule has 132 valence electrons. The molecular weight excluding hydrogens is 318 g/mol. The third-order valence-corrected chi connectivity index (χ3v) is 3.90. The van der Waals surface area contributed by atoms with E-state index >= 15 is 0 Å². The van der Waals surface area contributed by atoms with Gasteiger partial charge in [-0.05, 0) is 30.2 Å². The molecule has 1 atom stereocenters. The van der Waals surface area contributed by atoms with Gasteiger partial charge in [0.15, 0.2) is 0 Å². The van der Waals surface area contributed by atoms with Gasteiger partial charge in [-0.3, -0.25) is 9.59 Å². The van der Waals surface area contributed by atoms with Gasteiger partial charge in [-0.15, -0.1) is 0 Å². The highest BCUT2D eigenvalue weighted by Gasteiger charge is 2.30. The smallest absolute Gasteiger partial charge is 0.244 e. The minimum Gasteiger partial charge on any atom is -0.497 e. The minimum atomic E-state index is -1.20. The summed E-state index contributed by atoms with van der Waals surface area (Å²) in [6.07, 6.45) is 0. The van der Waals surface area contributed by atoms with Gasteiger partial charge in [-0.25, -0.2) is 0 Å². The van der Waals surface area contributed by atoms with E-state index in [9.17, 15) is 9.59 Å². The van der Waals surface area contributed by atoms with Crippen LogP contribution in [0.15, 0.2) is 54.6 Å². The summed E-state index contributed by atoms with van der Waals surface area (Å²) in [5.74, 6) is 0.0665. The van der Waals surface area contributed by atoms with Gasteiger partial charge >= 0.3 is 0 Å². The summed E-state index contributed by atoms with van der Waals surface area (Å²) in [6, 6.07) is 16.4. The highest BCUT2D eigenvalue weighted by molar-refractivity contribution is 5.90. The normalized spacial score (nSPS) is 12.8. The Balaban J connectivity index is 1.81. The first-order valence-electron chi connectivity index (χ1n) is 7.96. The van der Waals surface area contributed by atoms with E-state index in [1.54, 1.807) is 26.2 Å². The number of rotatable bonds is 7. The van der Waals surface area contributed by atoms with Crippen molar-refractivity contribution in [2.75, 3.05) is 13.7 Å². The number of carbonyl (C=O) groups excluding carboxylic acids is 2. The quantitative estimate of drug-likeness (QED) is 0.708. The molecule has 0 aliphatic rings. The average molecular weight is 341 g/mol. The topological polar surface area (TPSA) is 93.5 Å². The maximum atomic E-state index is 12.3. The molecule has 2 aromatic carbocycles. The van der Waals surface area contributed by atoms with E-state index in [1.807, 2.05) is 42.5 Å². The molecule has 6 heteroatoms. The second kappa shape index (κ2) is 8.30. The van der Waals surface area contributed by atoms with Crippen molar-refractivity contribution in [1.29, 1.82) is 0 Å². The van der Waals surface area contributed by atoms with Gasteiger partial charge in [0.05, 0.1) is 13.7 Å². The highest BCUT2D eigenvalue weighted by atomic mass is 16.5. The van der Waals surface area contributed by atoms with Crippen LogP contribution >= 0.6 is 0 Å². The molecule has 0 bridgehead atoms. The molecule has 0 heterocycles. The van der Waals surface area contributed by atoms with Crippen LogP contribution in [0, 0.1) is 0 Å². The lowest BCUT2D eigenvalue weighted by atomic mass is 9.92. The first kappa shape index (κ1) is 18.5. The van der Waals surface area contributed by atoms with Crippen molar-refractivity contribution < 1.29 is 14.3 Å². The second-order valence-corrected chi connectivity index (χ2v) is 5.88. The molecule has 25 heavy (non-hydrogen) atoms. The molecule has 2 rings (SSSR count). The van der Waals surface area contributed by atoms with Crippen LogP contribution in [-0.2, 0) is 21.7 Å². The lowest BCUT2D eigenvalue weighted by Crippen LogP contribution is -2.51. The largest absolute Gasteiger partial charge is 0.497 e. The first-order valence-corrected chi connectivity index (χ1v) is 7.96. The lowest BCUT2D eigenvalue weighted by Gasteiger charge is -2.23. The monoisotopic (exact) mass is 341 g/mol. The van der Waals surface area contributed by atoms with Crippen molar-refractivity contribution in [1.82, 2.24) is 10.6 Å². The van der Waals surface area contributed by atoms with Crippen LogP contribution in [-0.4, -0.2) is 25.5 Å². The van der Waals surface area contributed by atoms with Gasteiger partial charge in [0.1, 0.15) is 11.3 Å². The van der Waals surface area contributed by atoms with Crippen molar-refractivity contribution in [3.8, 4) is 5.75 Å². The Kier molecular flexibility index (Phi) is 6.14. The zero-order valence-electron chi connectivity index (χ0n) is 14.4. The van der Waals surface area contributed by atoms with Gasteiger partial charge in [-0.1, -0.05) is 42.5 Å². The van der Waals surface area contributed by atoms with Gasteiger partial charge in [0.25, 0.3) is 0 Å². The number of benzene rings is 2. The zero-order valence-corrected chi connectivity index (χ0v) is 14.4. The Hall–Kier alpha value is -2.86. The van der Waals surface area contributed by atoms with Crippen LogP contribution in [0.4, 0.5) is 0 Å². The average Bonchev–Trinajstić information content (AvgIpc) is 2.65. The molecule has 0 fully saturated rings. The molecule has 2 aromatic rings. The van der Waals surface area contributed by atoms with Gasteiger partial charge in [0, 0.05) is 6.54 Å². The number of ether oxygens (including phenoxy) is 1. The first-order chi connectivity index (χ1) is 11.9. The van der Waals surface area contributed by atoms with Crippen molar-refractivity contribution >= 4 is 11.8 Å². The number of amides is 2. The molecule has 4 N–H and O–H groups in total. The number of hydrogen-bond acceptors (Lipinski definition) is 4. The van der Waals surface area contributed by atoms with Gasteiger partial charge in [0.2, 0.25) is 11.8 Å². The Morgan fingerprint density at radius 2 is 1.68 bits per heavy atom. The second-order valence-electron chi connectivity index (χ2n) is 5.88. The summed E-state index contributed by atoms with van der Waals surface area (Å²) in [5.41, 5.74) is 6.53. The molecule has 6 nitrogen and oxygen atoms in total. The molecule has 0 aliphatic carbocycles. The van der Waals surface area contributed by atoms with E-state index in [0.29, 0.717) is 12.1 Å². The summed E-state index contributed by atoms with van der Waals surface area (Å²) in [5, 5.41) is 5.33. The van der Waals surface area contributed by atoms with Crippen LogP contribution in [0.2, 0.25) is 0 Å². The van der Waals surface area contributed by atoms with Crippen molar-refractivity contribution in [3.63, 3.8) is 0 Å².